The SMILES string of the molecule is C=CN1C[C@H]2CCCC[C@@H]1CN2I. The fourth-order valence-electron chi connectivity index (χ4n) is 2.41. The summed E-state index contributed by atoms with van der Waals surface area (Å²) in [6.45, 7) is 6.32. The predicted molar refractivity (Wildman–Crippen MR) is 63.7 cm³/mol. The molecule has 3 heterocycles. The molecule has 2 nitrogen and oxygen atoms in total. The van der Waals surface area contributed by atoms with Crippen molar-refractivity contribution in [2.75, 3.05) is 13.1 Å². The zero-order chi connectivity index (χ0) is 9.26. The summed E-state index contributed by atoms with van der Waals surface area (Å²) in [6, 6.07) is 1.49. The Balaban J connectivity index is 2.10. The van der Waals surface area contributed by atoms with Crippen molar-refractivity contribution < 1.29 is 0 Å². The zero-order valence-corrected chi connectivity index (χ0v) is 10.1. The number of hydrogen-bond acceptors (Lipinski definition) is 2. The van der Waals surface area contributed by atoms with Crippen molar-refractivity contribution >= 4 is 22.9 Å². The van der Waals surface area contributed by atoms with Crippen molar-refractivity contribution in [2.24, 2.45) is 0 Å². The molecule has 0 aliphatic carbocycles. The number of piperazine rings is 1. The molecule has 0 N–H and O–H groups in total. The first-order valence-electron chi connectivity index (χ1n) is 5.12. The molecule has 3 aliphatic heterocycles. The molecular weight excluding hydrogens is 275 g/mol. The highest BCUT2D eigenvalue weighted by Gasteiger charge is 2.32. The van der Waals surface area contributed by atoms with Gasteiger partial charge in [-0.25, -0.2) is 3.11 Å². The lowest BCUT2D eigenvalue weighted by molar-refractivity contribution is 0.108. The minimum absolute atomic E-state index is 0.728. The maximum absolute atomic E-state index is 3.91. The van der Waals surface area contributed by atoms with E-state index in [1.54, 1.807) is 0 Å². The van der Waals surface area contributed by atoms with Crippen LogP contribution in [0.1, 0.15) is 25.7 Å². The lowest BCUT2D eigenvalue weighted by Gasteiger charge is -2.45. The van der Waals surface area contributed by atoms with E-state index in [0.717, 1.165) is 12.1 Å². The predicted octanol–water partition coefficient (Wildman–Crippen LogP) is 2.41. The van der Waals surface area contributed by atoms with Crippen molar-refractivity contribution in [1.29, 1.82) is 0 Å². The molecule has 2 bridgehead atoms. The molecule has 2 atom stereocenters. The van der Waals surface area contributed by atoms with E-state index < -0.39 is 0 Å². The van der Waals surface area contributed by atoms with E-state index >= 15 is 0 Å². The Bertz CT molecular complexity index is 195. The molecule has 3 fully saturated rings. The van der Waals surface area contributed by atoms with Crippen molar-refractivity contribution in [3.8, 4) is 0 Å². The average Bonchev–Trinajstić information content (AvgIpc) is 2.08. The monoisotopic (exact) mass is 292 g/mol. The highest BCUT2D eigenvalue weighted by molar-refractivity contribution is 14.1. The van der Waals surface area contributed by atoms with Gasteiger partial charge in [0.1, 0.15) is 0 Å². The summed E-state index contributed by atoms with van der Waals surface area (Å²) < 4.78 is 2.50. The maximum atomic E-state index is 3.91. The summed E-state index contributed by atoms with van der Waals surface area (Å²) in [7, 11) is 0. The van der Waals surface area contributed by atoms with Crippen LogP contribution in [0.2, 0.25) is 0 Å². The van der Waals surface area contributed by atoms with Gasteiger partial charge in [0.25, 0.3) is 0 Å². The summed E-state index contributed by atoms with van der Waals surface area (Å²) in [5, 5.41) is 0. The van der Waals surface area contributed by atoms with Crippen LogP contribution in [0.5, 0.6) is 0 Å². The van der Waals surface area contributed by atoms with Crippen LogP contribution in [0.4, 0.5) is 0 Å². The van der Waals surface area contributed by atoms with Crippen LogP contribution in [0.15, 0.2) is 12.8 Å². The second-order valence-electron chi connectivity index (χ2n) is 4.05. The number of rotatable bonds is 1. The third-order valence-electron chi connectivity index (χ3n) is 3.23. The third kappa shape index (κ3) is 2.01. The largest absolute Gasteiger partial charge is 0.372 e. The Kier molecular flexibility index (Phi) is 3.14. The van der Waals surface area contributed by atoms with Gasteiger partial charge >= 0.3 is 0 Å². The van der Waals surface area contributed by atoms with Crippen molar-refractivity contribution in [2.45, 2.75) is 37.8 Å². The minimum atomic E-state index is 0.728. The van der Waals surface area contributed by atoms with Gasteiger partial charge in [0.05, 0.1) is 0 Å². The van der Waals surface area contributed by atoms with Gasteiger partial charge in [0.2, 0.25) is 0 Å². The molecule has 0 saturated carbocycles. The summed E-state index contributed by atoms with van der Waals surface area (Å²) in [6.07, 6.45) is 7.55. The third-order valence-corrected chi connectivity index (χ3v) is 4.41. The smallest absolute Gasteiger partial charge is 0.0420 e. The van der Waals surface area contributed by atoms with Crippen LogP contribution in [0, 0.1) is 0 Å². The normalized spacial score (nSPS) is 35.6. The van der Waals surface area contributed by atoms with Crippen LogP contribution >= 0.6 is 22.9 Å². The van der Waals surface area contributed by atoms with Crippen molar-refractivity contribution in [3.05, 3.63) is 12.8 Å². The zero-order valence-electron chi connectivity index (χ0n) is 7.95. The molecule has 3 heteroatoms. The Morgan fingerprint density at radius 1 is 1.15 bits per heavy atom. The first-order chi connectivity index (χ1) is 6.31. The van der Waals surface area contributed by atoms with Crippen LogP contribution in [0.25, 0.3) is 0 Å². The number of hydrogen-bond donors (Lipinski definition) is 0. The van der Waals surface area contributed by atoms with E-state index in [-0.39, 0.29) is 0 Å². The highest BCUT2D eigenvalue weighted by atomic mass is 127. The molecule has 74 valence electrons. The number of halogens is 1. The van der Waals surface area contributed by atoms with E-state index in [4.69, 9.17) is 0 Å². The topological polar surface area (TPSA) is 6.48 Å². The first-order valence-corrected chi connectivity index (χ1v) is 6.08. The van der Waals surface area contributed by atoms with Crippen LogP contribution < -0.4 is 0 Å². The standard InChI is InChI=1S/C10H17IN2/c1-2-12-7-10-6-4-3-5-9(12)8-13(10)11/h2,9-10H,1,3-8H2/t9-,10-/m1/s1. The fourth-order valence-corrected chi connectivity index (χ4v) is 3.32. The van der Waals surface area contributed by atoms with Gasteiger partial charge in [-0.05, 0) is 19.0 Å². The molecule has 0 aromatic carbocycles. The van der Waals surface area contributed by atoms with Crippen LogP contribution in [-0.4, -0.2) is 33.2 Å². The fraction of sp³-hybridized carbons (Fsp3) is 0.800. The average molecular weight is 292 g/mol. The minimum Gasteiger partial charge on any atom is -0.372 e. The van der Waals surface area contributed by atoms with E-state index in [1.165, 1.54) is 38.8 Å². The quantitative estimate of drug-likeness (QED) is 0.541. The first kappa shape index (κ1) is 9.77. The van der Waals surface area contributed by atoms with E-state index in [1.807, 2.05) is 6.20 Å². The highest BCUT2D eigenvalue weighted by Crippen LogP contribution is 2.28. The summed E-state index contributed by atoms with van der Waals surface area (Å²) in [5.74, 6) is 0. The van der Waals surface area contributed by atoms with Gasteiger partial charge in [-0.1, -0.05) is 19.4 Å². The van der Waals surface area contributed by atoms with Gasteiger partial charge in [-0.2, -0.15) is 0 Å². The molecular formula is C10H17IN2. The molecule has 0 spiro atoms. The summed E-state index contributed by atoms with van der Waals surface area (Å²) in [4.78, 5) is 2.44. The Morgan fingerprint density at radius 2 is 1.85 bits per heavy atom. The summed E-state index contributed by atoms with van der Waals surface area (Å²) in [5.41, 5.74) is 0. The van der Waals surface area contributed by atoms with Crippen LogP contribution in [0.3, 0.4) is 0 Å². The van der Waals surface area contributed by atoms with Gasteiger partial charge in [0, 0.05) is 48.0 Å². The van der Waals surface area contributed by atoms with Gasteiger partial charge in [-0.15, -0.1) is 0 Å². The van der Waals surface area contributed by atoms with Gasteiger partial charge in [-0.3, -0.25) is 0 Å². The Hall–Kier alpha value is 0.230. The molecule has 0 aromatic rings. The molecule has 0 aromatic heterocycles. The molecule has 0 amide bonds. The molecule has 3 rings (SSSR count). The molecule has 0 unspecified atom stereocenters. The maximum Gasteiger partial charge on any atom is 0.0420 e. The summed E-state index contributed by atoms with van der Waals surface area (Å²) >= 11 is 2.49. The second-order valence-corrected chi connectivity index (χ2v) is 5.29. The number of nitrogens with zero attached hydrogens (tertiary/aromatic N) is 2. The molecule has 3 aliphatic rings. The Labute approximate surface area is 94.5 Å². The van der Waals surface area contributed by atoms with Gasteiger partial charge in [0.15, 0.2) is 0 Å². The van der Waals surface area contributed by atoms with Crippen LogP contribution in [-0.2, 0) is 0 Å². The van der Waals surface area contributed by atoms with Crippen molar-refractivity contribution in [3.63, 3.8) is 0 Å². The van der Waals surface area contributed by atoms with E-state index in [0.29, 0.717) is 0 Å². The molecule has 3 saturated heterocycles. The lowest BCUT2D eigenvalue weighted by Crippen LogP contribution is -2.53. The Morgan fingerprint density at radius 3 is 2.54 bits per heavy atom. The second kappa shape index (κ2) is 4.17. The van der Waals surface area contributed by atoms with E-state index in [9.17, 15) is 0 Å². The van der Waals surface area contributed by atoms with Gasteiger partial charge < -0.3 is 4.90 Å². The lowest BCUT2D eigenvalue weighted by atomic mass is 9.95. The number of fused-ring (bicyclic) bond motifs is 5. The molecule has 0 radical (unpaired) electrons. The van der Waals surface area contributed by atoms with E-state index in [2.05, 4.69) is 37.5 Å². The van der Waals surface area contributed by atoms with Crippen molar-refractivity contribution in [1.82, 2.24) is 8.01 Å². The molecule has 13 heavy (non-hydrogen) atoms.